The van der Waals surface area contributed by atoms with E-state index >= 15 is 0 Å². The highest BCUT2D eigenvalue weighted by Gasteiger charge is 2.52. The molecule has 0 radical (unpaired) electrons. The van der Waals surface area contributed by atoms with Crippen LogP contribution >= 0.6 is 11.6 Å². The molecule has 4 rings (SSSR count). The van der Waals surface area contributed by atoms with Crippen LogP contribution in [0.4, 0.5) is 10.2 Å². The van der Waals surface area contributed by atoms with Crippen LogP contribution in [0, 0.1) is 5.82 Å². The summed E-state index contributed by atoms with van der Waals surface area (Å²) in [6, 6.07) is 5.97. The zero-order valence-electron chi connectivity index (χ0n) is 16.2. The van der Waals surface area contributed by atoms with Gasteiger partial charge in [0.25, 0.3) is 0 Å². The van der Waals surface area contributed by atoms with Crippen molar-refractivity contribution in [2.24, 2.45) is 5.11 Å². The van der Waals surface area contributed by atoms with Gasteiger partial charge in [0.1, 0.15) is 17.5 Å². The highest BCUT2D eigenvalue weighted by atomic mass is 35.5. The summed E-state index contributed by atoms with van der Waals surface area (Å²) in [5.74, 6) is 0.00249. The quantitative estimate of drug-likeness (QED) is 0.226. The van der Waals surface area contributed by atoms with Crippen molar-refractivity contribution in [3.8, 4) is 0 Å². The summed E-state index contributed by atoms with van der Waals surface area (Å²) in [6.07, 6.45) is -1.95. The first kappa shape index (κ1) is 21.2. The van der Waals surface area contributed by atoms with Gasteiger partial charge in [0.05, 0.1) is 19.0 Å². The van der Waals surface area contributed by atoms with Gasteiger partial charge < -0.3 is 20.3 Å². The van der Waals surface area contributed by atoms with Crippen molar-refractivity contribution in [1.82, 2.24) is 19.5 Å². The van der Waals surface area contributed by atoms with Crippen LogP contribution in [0.1, 0.15) is 18.7 Å². The van der Waals surface area contributed by atoms with Crippen LogP contribution < -0.4 is 5.32 Å². The highest BCUT2D eigenvalue weighted by molar-refractivity contribution is 6.28. The Morgan fingerprint density at radius 3 is 2.84 bits per heavy atom. The Balaban J connectivity index is 1.64. The van der Waals surface area contributed by atoms with Crippen molar-refractivity contribution < 1.29 is 19.3 Å². The lowest BCUT2D eigenvalue weighted by Crippen LogP contribution is -2.45. The lowest BCUT2D eigenvalue weighted by molar-refractivity contribution is -0.0600. The number of aliphatic hydroxyl groups is 2. The Morgan fingerprint density at radius 2 is 2.13 bits per heavy atom. The van der Waals surface area contributed by atoms with Crippen molar-refractivity contribution in [1.29, 1.82) is 0 Å². The molecule has 1 fully saturated rings. The third kappa shape index (κ3) is 3.99. The number of benzene rings is 1. The average molecular weight is 449 g/mol. The summed E-state index contributed by atoms with van der Waals surface area (Å²) in [5.41, 5.74) is 8.32. The molecule has 1 aliphatic heterocycles. The van der Waals surface area contributed by atoms with Gasteiger partial charge in [0.15, 0.2) is 23.2 Å². The molecule has 1 aliphatic rings. The number of aliphatic hydroxyl groups excluding tert-OH is 1. The number of azide groups is 1. The standard InChI is InChI=1S/C18H18ClFN8O3/c1-18(30)11(7-24-27-21)31-16(13(18)29)28-8-23-12-14(25-17(19)26-15(12)28)22-6-9-2-4-10(20)5-3-9/h2-5,8,11,13,16,29-30H,6-7H2,1H3,(H,22,25,26)/t11-,13+,16-,18+/m1/s1. The van der Waals surface area contributed by atoms with Crippen molar-refractivity contribution >= 4 is 28.6 Å². The number of rotatable bonds is 6. The largest absolute Gasteiger partial charge is 0.385 e. The second kappa shape index (κ2) is 8.25. The second-order valence-electron chi connectivity index (χ2n) is 7.24. The molecule has 11 nitrogen and oxygen atoms in total. The van der Waals surface area contributed by atoms with Gasteiger partial charge in [-0.05, 0) is 41.8 Å². The van der Waals surface area contributed by atoms with Gasteiger partial charge in [0, 0.05) is 11.5 Å². The van der Waals surface area contributed by atoms with Crippen LogP contribution in [-0.2, 0) is 11.3 Å². The monoisotopic (exact) mass is 448 g/mol. The molecule has 1 saturated heterocycles. The van der Waals surface area contributed by atoms with Gasteiger partial charge in [-0.15, -0.1) is 0 Å². The minimum absolute atomic E-state index is 0.0688. The summed E-state index contributed by atoms with van der Waals surface area (Å²) in [4.78, 5) is 15.3. The van der Waals surface area contributed by atoms with Crippen molar-refractivity contribution in [2.75, 3.05) is 11.9 Å². The predicted molar refractivity (Wildman–Crippen MR) is 109 cm³/mol. The molecule has 0 unspecified atom stereocenters. The fraction of sp³-hybridized carbons (Fsp3) is 0.389. The van der Waals surface area contributed by atoms with Crippen molar-refractivity contribution in [2.45, 2.75) is 37.5 Å². The van der Waals surface area contributed by atoms with E-state index in [9.17, 15) is 14.6 Å². The Morgan fingerprint density at radius 1 is 1.39 bits per heavy atom. The fourth-order valence-corrected chi connectivity index (χ4v) is 3.57. The maximum absolute atomic E-state index is 13.1. The molecule has 2 aromatic heterocycles. The molecular weight excluding hydrogens is 431 g/mol. The number of fused-ring (bicyclic) bond motifs is 1. The molecule has 0 saturated carbocycles. The summed E-state index contributed by atoms with van der Waals surface area (Å²) in [7, 11) is 0. The summed E-state index contributed by atoms with van der Waals surface area (Å²) >= 11 is 6.09. The summed E-state index contributed by atoms with van der Waals surface area (Å²) in [5, 5.41) is 27.7. The molecule has 31 heavy (non-hydrogen) atoms. The number of hydrogen-bond donors (Lipinski definition) is 3. The van der Waals surface area contributed by atoms with Gasteiger partial charge in [-0.25, -0.2) is 9.37 Å². The minimum Gasteiger partial charge on any atom is -0.385 e. The van der Waals surface area contributed by atoms with Gasteiger partial charge in [0.2, 0.25) is 5.28 Å². The molecular formula is C18H18ClFN8O3. The summed E-state index contributed by atoms with van der Waals surface area (Å²) < 4.78 is 20.3. The third-order valence-electron chi connectivity index (χ3n) is 5.18. The number of nitrogens with zero attached hydrogens (tertiary/aromatic N) is 7. The van der Waals surface area contributed by atoms with Gasteiger partial charge in [-0.1, -0.05) is 17.2 Å². The maximum atomic E-state index is 13.1. The number of imidazole rings is 1. The lowest BCUT2D eigenvalue weighted by Gasteiger charge is -2.25. The Hall–Kier alpha value is -3.02. The molecule has 162 valence electrons. The van der Waals surface area contributed by atoms with Crippen LogP contribution in [0.3, 0.4) is 0 Å². The first-order valence-electron chi connectivity index (χ1n) is 9.26. The van der Waals surface area contributed by atoms with E-state index in [-0.39, 0.29) is 23.3 Å². The van der Waals surface area contributed by atoms with Crippen LogP contribution in [0.2, 0.25) is 5.28 Å². The van der Waals surface area contributed by atoms with E-state index in [1.807, 2.05) is 0 Å². The molecule has 3 N–H and O–H groups in total. The van der Waals surface area contributed by atoms with Crippen LogP contribution in [-0.4, -0.2) is 54.1 Å². The van der Waals surface area contributed by atoms with Gasteiger partial charge in [-0.2, -0.15) is 9.97 Å². The van der Waals surface area contributed by atoms with Gasteiger partial charge >= 0.3 is 0 Å². The Kier molecular flexibility index (Phi) is 5.65. The number of ether oxygens (including phenoxy) is 1. The molecule has 3 heterocycles. The van der Waals surface area contributed by atoms with E-state index in [0.29, 0.717) is 17.9 Å². The average Bonchev–Trinajstić information content (AvgIpc) is 3.25. The smallest absolute Gasteiger partial charge is 0.226 e. The Bertz CT molecular complexity index is 1150. The second-order valence-corrected chi connectivity index (χ2v) is 7.58. The van der Waals surface area contributed by atoms with Gasteiger partial charge in [-0.3, -0.25) is 4.57 Å². The normalized spacial score (nSPS) is 25.5. The van der Waals surface area contributed by atoms with Crippen molar-refractivity contribution in [3.63, 3.8) is 0 Å². The molecule has 4 atom stereocenters. The number of aromatic nitrogens is 4. The van der Waals surface area contributed by atoms with Crippen LogP contribution in [0.15, 0.2) is 35.7 Å². The molecule has 0 spiro atoms. The number of hydrogen-bond acceptors (Lipinski definition) is 8. The zero-order valence-corrected chi connectivity index (χ0v) is 17.0. The van der Waals surface area contributed by atoms with E-state index in [2.05, 4.69) is 30.3 Å². The first-order valence-corrected chi connectivity index (χ1v) is 9.64. The Labute approximate surface area is 180 Å². The van der Waals surface area contributed by atoms with E-state index in [4.69, 9.17) is 21.9 Å². The van der Waals surface area contributed by atoms with Crippen LogP contribution in [0.25, 0.3) is 21.6 Å². The van der Waals surface area contributed by atoms with E-state index in [1.165, 1.54) is 30.0 Å². The zero-order chi connectivity index (χ0) is 22.2. The number of anilines is 1. The topological polar surface area (TPSA) is 154 Å². The van der Waals surface area contributed by atoms with Crippen LogP contribution in [0.5, 0.6) is 0 Å². The fourth-order valence-electron chi connectivity index (χ4n) is 3.40. The van der Waals surface area contributed by atoms with E-state index in [0.717, 1.165) is 5.56 Å². The lowest BCUT2D eigenvalue weighted by atomic mass is 9.94. The van der Waals surface area contributed by atoms with Crippen molar-refractivity contribution in [3.05, 3.63) is 57.7 Å². The molecule has 1 aromatic carbocycles. The minimum atomic E-state index is -1.67. The highest BCUT2D eigenvalue weighted by Crippen LogP contribution is 2.39. The molecule has 0 bridgehead atoms. The first-order chi connectivity index (χ1) is 14.8. The van der Waals surface area contributed by atoms with E-state index < -0.39 is 24.0 Å². The predicted octanol–water partition coefficient (Wildman–Crippen LogP) is 2.55. The van der Waals surface area contributed by atoms with E-state index in [1.54, 1.807) is 12.1 Å². The number of nitrogens with one attached hydrogen (secondary N) is 1. The maximum Gasteiger partial charge on any atom is 0.226 e. The third-order valence-corrected chi connectivity index (χ3v) is 5.35. The summed E-state index contributed by atoms with van der Waals surface area (Å²) in [6.45, 7) is 1.57. The number of halogens is 2. The SMILES string of the molecule is C[C@]1(O)[C@@H](CN=[N+]=[N-])O[C@@H](n2cnc3c(NCc4ccc(F)cc4)nc(Cl)nc32)[C@@H]1O. The molecule has 0 aliphatic carbocycles. The molecule has 3 aromatic rings. The molecule has 0 amide bonds. The molecule has 13 heteroatoms.